The number of hydrogen-bond acceptors (Lipinski definition) is 3. The average Bonchev–Trinajstić information content (AvgIpc) is 3.05. The monoisotopic (exact) mass is 340 g/mol. The molecule has 1 aromatic heterocycles. The molecule has 0 unspecified atom stereocenters. The lowest BCUT2D eigenvalue weighted by molar-refractivity contribution is -0.133. The summed E-state index contributed by atoms with van der Waals surface area (Å²) in [5, 5.41) is 0. The highest BCUT2D eigenvalue weighted by molar-refractivity contribution is 5.76. The Bertz CT molecular complexity index is 641. The third kappa shape index (κ3) is 5.16. The van der Waals surface area contributed by atoms with Gasteiger partial charge >= 0.3 is 0 Å². The molecule has 0 radical (unpaired) electrons. The topological polar surface area (TPSA) is 41.4 Å². The second-order valence-electron chi connectivity index (χ2n) is 6.91. The first-order valence-electron chi connectivity index (χ1n) is 9.24. The molecule has 1 aliphatic heterocycles. The van der Waals surface area contributed by atoms with Crippen LogP contribution in [0.4, 0.5) is 0 Å². The number of nitrogens with zero attached hydrogens (tertiary/aromatic N) is 4. The van der Waals surface area contributed by atoms with Crippen LogP contribution in [-0.4, -0.2) is 50.9 Å². The lowest BCUT2D eigenvalue weighted by atomic mass is 10.2. The van der Waals surface area contributed by atoms with Crippen molar-refractivity contribution in [2.45, 2.75) is 45.3 Å². The molecule has 2 heterocycles. The number of amides is 1. The second kappa shape index (κ2) is 8.81. The first-order valence-corrected chi connectivity index (χ1v) is 9.24. The molecular formula is C20H28N4O. The maximum atomic E-state index is 12.6. The van der Waals surface area contributed by atoms with Crippen LogP contribution in [0, 0.1) is 0 Å². The fraction of sp³-hybridized carbons (Fsp3) is 0.500. The van der Waals surface area contributed by atoms with Gasteiger partial charge in [-0.2, -0.15) is 0 Å². The molecule has 0 bridgehead atoms. The van der Waals surface area contributed by atoms with Crippen LogP contribution >= 0.6 is 0 Å². The van der Waals surface area contributed by atoms with Gasteiger partial charge in [-0.05, 0) is 25.3 Å². The van der Waals surface area contributed by atoms with Crippen molar-refractivity contribution < 1.29 is 4.79 Å². The van der Waals surface area contributed by atoms with E-state index in [-0.39, 0.29) is 11.9 Å². The molecule has 134 valence electrons. The van der Waals surface area contributed by atoms with Gasteiger partial charge < -0.3 is 9.47 Å². The molecule has 1 aromatic carbocycles. The molecule has 1 amide bonds. The molecule has 0 N–H and O–H groups in total. The third-order valence-electron chi connectivity index (χ3n) is 4.86. The average molecular weight is 340 g/mol. The predicted octanol–water partition coefficient (Wildman–Crippen LogP) is 2.79. The SMILES string of the molecule is C[C@H]1CN(Cc2ccccc2)CCCN1C(=O)CCCn1ccnc1. The Morgan fingerprint density at radius 3 is 2.84 bits per heavy atom. The van der Waals surface area contributed by atoms with Crippen molar-refractivity contribution in [2.75, 3.05) is 19.6 Å². The number of aromatic nitrogens is 2. The highest BCUT2D eigenvalue weighted by Gasteiger charge is 2.24. The summed E-state index contributed by atoms with van der Waals surface area (Å²) in [5.74, 6) is 0.286. The highest BCUT2D eigenvalue weighted by Crippen LogP contribution is 2.15. The summed E-state index contributed by atoms with van der Waals surface area (Å²) in [5.41, 5.74) is 1.34. The van der Waals surface area contributed by atoms with Gasteiger partial charge in [0, 0.05) is 57.6 Å². The van der Waals surface area contributed by atoms with Crippen LogP contribution in [0.15, 0.2) is 49.1 Å². The van der Waals surface area contributed by atoms with E-state index < -0.39 is 0 Å². The van der Waals surface area contributed by atoms with Gasteiger partial charge in [-0.15, -0.1) is 0 Å². The Morgan fingerprint density at radius 1 is 1.24 bits per heavy atom. The minimum Gasteiger partial charge on any atom is -0.339 e. The standard InChI is InChI=1S/C20H28N4O/c1-18-15-23(16-19-7-3-2-4-8-19)12-6-13-24(18)20(25)9-5-11-22-14-10-21-17-22/h2-4,7-8,10,14,17-18H,5-6,9,11-13,15-16H2,1H3/t18-/m0/s1. The predicted molar refractivity (Wildman–Crippen MR) is 99.0 cm³/mol. The van der Waals surface area contributed by atoms with Crippen molar-refractivity contribution in [1.82, 2.24) is 19.4 Å². The molecule has 0 saturated carbocycles. The molecule has 5 nitrogen and oxygen atoms in total. The number of benzene rings is 1. The zero-order valence-electron chi connectivity index (χ0n) is 15.1. The van der Waals surface area contributed by atoms with Crippen molar-refractivity contribution in [2.24, 2.45) is 0 Å². The third-order valence-corrected chi connectivity index (χ3v) is 4.86. The van der Waals surface area contributed by atoms with Crippen molar-refractivity contribution in [3.63, 3.8) is 0 Å². The first-order chi connectivity index (χ1) is 12.2. The van der Waals surface area contributed by atoms with Crippen LogP contribution in [0.1, 0.15) is 31.7 Å². The maximum Gasteiger partial charge on any atom is 0.222 e. The van der Waals surface area contributed by atoms with Crippen LogP contribution in [0.25, 0.3) is 0 Å². The van der Waals surface area contributed by atoms with Crippen LogP contribution in [0.3, 0.4) is 0 Å². The number of rotatable bonds is 6. The molecule has 3 rings (SSSR count). The van der Waals surface area contributed by atoms with Crippen LogP contribution in [0.5, 0.6) is 0 Å². The van der Waals surface area contributed by atoms with Gasteiger partial charge in [-0.1, -0.05) is 30.3 Å². The summed E-state index contributed by atoms with van der Waals surface area (Å²) in [7, 11) is 0. The zero-order chi connectivity index (χ0) is 17.5. The fourth-order valence-corrected chi connectivity index (χ4v) is 3.58. The summed E-state index contributed by atoms with van der Waals surface area (Å²) in [6, 6.07) is 10.9. The summed E-state index contributed by atoms with van der Waals surface area (Å²) >= 11 is 0. The van der Waals surface area contributed by atoms with Gasteiger partial charge in [-0.3, -0.25) is 9.69 Å². The summed E-state index contributed by atoms with van der Waals surface area (Å²) in [4.78, 5) is 21.2. The molecule has 25 heavy (non-hydrogen) atoms. The van der Waals surface area contributed by atoms with Crippen LogP contribution in [0.2, 0.25) is 0 Å². The quantitative estimate of drug-likeness (QED) is 0.812. The van der Waals surface area contributed by atoms with Crippen LogP contribution in [-0.2, 0) is 17.9 Å². The molecular weight excluding hydrogens is 312 g/mol. The highest BCUT2D eigenvalue weighted by atomic mass is 16.2. The molecule has 1 atom stereocenters. The summed E-state index contributed by atoms with van der Waals surface area (Å²) in [6.07, 6.45) is 8.05. The van der Waals surface area contributed by atoms with E-state index >= 15 is 0 Å². The molecule has 1 fully saturated rings. The second-order valence-corrected chi connectivity index (χ2v) is 6.91. The Hall–Kier alpha value is -2.14. The van der Waals surface area contributed by atoms with E-state index in [0.29, 0.717) is 6.42 Å². The number of hydrogen-bond donors (Lipinski definition) is 0. The van der Waals surface area contributed by atoms with Gasteiger partial charge in [-0.25, -0.2) is 4.98 Å². The largest absolute Gasteiger partial charge is 0.339 e. The number of carbonyl (C=O) groups excluding carboxylic acids is 1. The Labute approximate surface area is 150 Å². The van der Waals surface area contributed by atoms with Crippen molar-refractivity contribution >= 4 is 5.91 Å². The molecule has 0 aliphatic carbocycles. The maximum absolute atomic E-state index is 12.6. The van der Waals surface area contributed by atoms with E-state index in [9.17, 15) is 4.79 Å². The van der Waals surface area contributed by atoms with Crippen molar-refractivity contribution in [3.05, 3.63) is 54.6 Å². The van der Waals surface area contributed by atoms with Gasteiger partial charge in [0.25, 0.3) is 0 Å². The lowest BCUT2D eigenvalue weighted by Crippen LogP contribution is -2.42. The number of imidazole rings is 1. The van der Waals surface area contributed by atoms with E-state index in [1.54, 1.807) is 12.5 Å². The number of aryl methyl sites for hydroxylation is 1. The molecule has 1 saturated heterocycles. The minimum absolute atomic E-state index is 0.270. The van der Waals surface area contributed by atoms with E-state index in [4.69, 9.17) is 0 Å². The first kappa shape index (κ1) is 17.7. The zero-order valence-corrected chi connectivity index (χ0v) is 15.1. The molecule has 0 spiro atoms. The summed E-state index contributed by atoms with van der Waals surface area (Å²) in [6.45, 7) is 6.87. The summed E-state index contributed by atoms with van der Waals surface area (Å²) < 4.78 is 2.03. The van der Waals surface area contributed by atoms with E-state index in [1.165, 1.54) is 5.56 Å². The van der Waals surface area contributed by atoms with Gasteiger partial charge in [0.1, 0.15) is 0 Å². The van der Waals surface area contributed by atoms with E-state index in [2.05, 4.69) is 52.0 Å². The molecule has 5 heteroatoms. The normalized spacial score (nSPS) is 18.9. The Balaban J connectivity index is 1.48. The molecule has 1 aliphatic rings. The lowest BCUT2D eigenvalue weighted by Gasteiger charge is -2.29. The van der Waals surface area contributed by atoms with Crippen molar-refractivity contribution in [3.8, 4) is 0 Å². The molecule has 2 aromatic rings. The Morgan fingerprint density at radius 2 is 2.08 bits per heavy atom. The fourth-order valence-electron chi connectivity index (χ4n) is 3.58. The van der Waals surface area contributed by atoms with Gasteiger partial charge in [0.05, 0.1) is 6.33 Å². The van der Waals surface area contributed by atoms with E-state index in [1.807, 2.05) is 10.8 Å². The smallest absolute Gasteiger partial charge is 0.222 e. The minimum atomic E-state index is 0.270. The Kier molecular flexibility index (Phi) is 6.23. The number of carbonyl (C=O) groups is 1. The van der Waals surface area contributed by atoms with E-state index in [0.717, 1.165) is 45.6 Å². The van der Waals surface area contributed by atoms with Crippen LogP contribution < -0.4 is 0 Å². The van der Waals surface area contributed by atoms with Crippen molar-refractivity contribution in [1.29, 1.82) is 0 Å². The van der Waals surface area contributed by atoms with Gasteiger partial charge in [0.2, 0.25) is 5.91 Å². The van der Waals surface area contributed by atoms with Gasteiger partial charge in [0.15, 0.2) is 0 Å².